The first-order valence-electron chi connectivity index (χ1n) is 7.54. The maximum absolute atomic E-state index is 5.82. The molecule has 0 saturated heterocycles. The molecule has 3 nitrogen and oxygen atoms in total. The van der Waals surface area contributed by atoms with Gasteiger partial charge in [0.2, 0.25) is 0 Å². The summed E-state index contributed by atoms with van der Waals surface area (Å²) in [5.74, 6) is 1.43. The van der Waals surface area contributed by atoms with Crippen LogP contribution in [-0.2, 0) is 19.6 Å². The van der Waals surface area contributed by atoms with Crippen molar-refractivity contribution < 1.29 is 4.74 Å². The highest BCUT2D eigenvalue weighted by Crippen LogP contribution is 2.23. The van der Waals surface area contributed by atoms with E-state index >= 15 is 0 Å². The number of nitrogens with two attached hydrogens (primary N) is 1. The van der Waals surface area contributed by atoms with Gasteiger partial charge in [-0.05, 0) is 30.0 Å². The molecule has 1 aromatic heterocycles. The summed E-state index contributed by atoms with van der Waals surface area (Å²) in [6.45, 7) is 7.62. The lowest BCUT2D eigenvalue weighted by Crippen LogP contribution is -1.98. The molecule has 0 atom stereocenters. The standard InChI is InChI=1S/C17H24N2OS/c1-4-5-15-16(10-18)21-17(19-15)11-20-14-8-6-13(7-9-14)12(2)3/h6-9,12H,4-5,10-11,18H2,1-3H3. The van der Waals surface area contributed by atoms with Crippen LogP contribution in [0.3, 0.4) is 0 Å². The third-order valence-electron chi connectivity index (χ3n) is 3.40. The Balaban J connectivity index is 1.99. The van der Waals surface area contributed by atoms with Gasteiger partial charge < -0.3 is 10.5 Å². The summed E-state index contributed by atoms with van der Waals surface area (Å²) in [5, 5.41) is 1.01. The van der Waals surface area contributed by atoms with E-state index < -0.39 is 0 Å². The lowest BCUT2D eigenvalue weighted by Gasteiger charge is -2.07. The molecule has 0 aliphatic rings. The summed E-state index contributed by atoms with van der Waals surface area (Å²) in [7, 11) is 0. The molecular formula is C17H24N2OS. The Morgan fingerprint density at radius 2 is 1.95 bits per heavy atom. The fourth-order valence-corrected chi connectivity index (χ4v) is 3.09. The Bertz CT molecular complexity index is 561. The molecule has 2 N–H and O–H groups in total. The van der Waals surface area contributed by atoms with E-state index in [9.17, 15) is 0 Å². The van der Waals surface area contributed by atoms with E-state index in [1.165, 1.54) is 10.4 Å². The monoisotopic (exact) mass is 304 g/mol. The highest BCUT2D eigenvalue weighted by Gasteiger charge is 2.10. The molecule has 2 aromatic rings. The fraction of sp³-hybridized carbons (Fsp3) is 0.471. The summed E-state index contributed by atoms with van der Waals surface area (Å²) < 4.78 is 5.82. The maximum Gasteiger partial charge on any atom is 0.140 e. The second kappa shape index (κ2) is 7.57. The molecule has 0 spiro atoms. The van der Waals surface area contributed by atoms with Crippen molar-refractivity contribution in [1.82, 2.24) is 4.98 Å². The van der Waals surface area contributed by atoms with Gasteiger partial charge >= 0.3 is 0 Å². The van der Waals surface area contributed by atoms with Gasteiger partial charge in [0.05, 0.1) is 5.69 Å². The summed E-state index contributed by atoms with van der Waals surface area (Å²) in [6.07, 6.45) is 2.08. The van der Waals surface area contributed by atoms with Crippen molar-refractivity contribution in [2.24, 2.45) is 5.73 Å². The van der Waals surface area contributed by atoms with Crippen molar-refractivity contribution in [2.75, 3.05) is 0 Å². The smallest absolute Gasteiger partial charge is 0.140 e. The van der Waals surface area contributed by atoms with Crippen molar-refractivity contribution >= 4 is 11.3 Å². The van der Waals surface area contributed by atoms with Crippen molar-refractivity contribution in [3.63, 3.8) is 0 Å². The van der Waals surface area contributed by atoms with Crippen molar-refractivity contribution in [3.8, 4) is 5.75 Å². The molecule has 0 aliphatic carbocycles. The van der Waals surface area contributed by atoms with Crippen LogP contribution in [0, 0.1) is 0 Å². The number of aryl methyl sites for hydroxylation is 1. The number of hydrogen-bond acceptors (Lipinski definition) is 4. The average Bonchev–Trinajstić information content (AvgIpc) is 2.88. The zero-order valence-corrected chi connectivity index (χ0v) is 13.9. The van der Waals surface area contributed by atoms with Crippen LogP contribution in [0.15, 0.2) is 24.3 Å². The van der Waals surface area contributed by atoms with Crippen LogP contribution in [0.1, 0.15) is 54.3 Å². The SMILES string of the molecule is CCCc1nc(COc2ccc(C(C)C)cc2)sc1CN. The van der Waals surface area contributed by atoms with E-state index in [0.717, 1.165) is 29.3 Å². The Hall–Kier alpha value is -1.39. The van der Waals surface area contributed by atoms with Crippen molar-refractivity contribution in [1.29, 1.82) is 0 Å². The zero-order valence-electron chi connectivity index (χ0n) is 13.1. The molecule has 2 rings (SSSR count). The molecule has 0 saturated carbocycles. The van der Waals surface area contributed by atoms with Gasteiger partial charge in [0.1, 0.15) is 17.4 Å². The van der Waals surface area contributed by atoms with E-state index in [2.05, 4.69) is 37.9 Å². The average molecular weight is 304 g/mol. The number of benzene rings is 1. The lowest BCUT2D eigenvalue weighted by atomic mass is 10.0. The van der Waals surface area contributed by atoms with Crippen LogP contribution in [-0.4, -0.2) is 4.98 Å². The number of aromatic nitrogens is 1. The third-order valence-corrected chi connectivity index (χ3v) is 4.50. The Labute approximate surface area is 131 Å². The van der Waals surface area contributed by atoms with Crippen LogP contribution in [0.2, 0.25) is 0 Å². The molecule has 1 aromatic carbocycles. The minimum Gasteiger partial charge on any atom is -0.486 e. The van der Waals surface area contributed by atoms with Gasteiger partial charge in [-0.3, -0.25) is 0 Å². The normalized spacial score (nSPS) is 11.1. The molecule has 114 valence electrons. The van der Waals surface area contributed by atoms with Gasteiger partial charge in [0.15, 0.2) is 0 Å². The molecule has 21 heavy (non-hydrogen) atoms. The van der Waals surface area contributed by atoms with E-state index in [1.54, 1.807) is 11.3 Å². The fourth-order valence-electron chi connectivity index (χ4n) is 2.18. The number of rotatable bonds is 7. The maximum atomic E-state index is 5.82. The van der Waals surface area contributed by atoms with Gasteiger partial charge in [-0.25, -0.2) is 4.98 Å². The van der Waals surface area contributed by atoms with Crippen molar-refractivity contribution in [2.45, 2.75) is 52.7 Å². The van der Waals surface area contributed by atoms with E-state index in [1.807, 2.05) is 12.1 Å². The summed E-state index contributed by atoms with van der Waals surface area (Å²) >= 11 is 1.67. The van der Waals surface area contributed by atoms with Gasteiger partial charge in [0, 0.05) is 11.4 Å². The predicted molar refractivity (Wildman–Crippen MR) is 88.9 cm³/mol. The van der Waals surface area contributed by atoms with Crippen LogP contribution in [0.5, 0.6) is 5.75 Å². The molecule has 4 heteroatoms. The molecule has 1 heterocycles. The second-order valence-corrected chi connectivity index (χ2v) is 6.61. The highest BCUT2D eigenvalue weighted by atomic mass is 32.1. The second-order valence-electron chi connectivity index (χ2n) is 5.44. The molecule has 0 fully saturated rings. The van der Waals surface area contributed by atoms with Crippen LogP contribution in [0.25, 0.3) is 0 Å². The van der Waals surface area contributed by atoms with E-state index in [4.69, 9.17) is 10.5 Å². The third kappa shape index (κ3) is 4.29. The first-order chi connectivity index (χ1) is 10.1. The quantitative estimate of drug-likeness (QED) is 0.831. The van der Waals surface area contributed by atoms with Crippen molar-refractivity contribution in [3.05, 3.63) is 45.4 Å². The molecule has 0 unspecified atom stereocenters. The number of hydrogen-bond donors (Lipinski definition) is 1. The zero-order chi connectivity index (χ0) is 15.2. The largest absolute Gasteiger partial charge is 0.486 e. The summed E-state index contributed by atoms with van der Waals surface area (Å²) in [5.41, 5.74) is 8.24. The Morgan fingerprint density at radius 1 is 1.24 bits per heavy atom. The van der Waals surface area contributed by atoms with Gasteiger partial charge in [-0.15, -0.1) is 11.3 Å². The Kier molecular flexibility index (Phi) is 5.76. The van der Waals surface area contributed by atoms with Gasteiger partial charge in [0.25, 0.3) is 0 Å². The van der Waals surface area contributed by atoms with Crippen LogP contribution < -0.4 is 10.5 Å². The first-order valence-corrected chi connectivity index (χ1v) is 8.36. The van der Waals surface area contributed by atoms with Gasteiger partial charge in [-0.2, -0.15) is 0 Å². The molecule has 0 aliphatic heterocycles. The predicted octanol–water partition coefficient (Wildman–Crippen LogP) is 4.26. The van der Waals surface area contributed by atoms with Crippen LogP contribution >= 0.6 is 11.3 Å². The summed E-state index contributed by atoms with van der Waals surface area (Å²) in [4.78, 5) is 5.83. The minimum atomic E-state index is 0.516. The number of ether oxygens (including phenoxy) is 1. The molecule has 0 radical (unpaired) electrons. The number of thiazole rings is 1. The lowest BCUT2D eigenvalue weighted by molar-refractivity contribution is 0.305. The summed E-state index contributed by atoms with van der Waals surface area (Å²) in [6, 6.07) is 8.30. The van der Waals surface area contributed by atoms with Gasteiger partial charge in [-0.1, -0.05) is 39.3 Å². The Morgan fingerprint density at radius 3 is 2.52 bits per heavy atom. The highest BCUT2D eigenvalue weighted by molar-refractivity contribution is 7.11. The topological polar surface area (TPSA) is 48.1 Å². The van der Waals surface area contributed by atoms with E-state index in [-0.39, 0.29) is 0 Å². The van der Waals surface area contributed by atoms with E-state index in [0.29, 0.717) is 19.1 Å². The number of nitrogens with zero attached hydrogens (tertiary/aromatic N) is 1. The van der Waals surface area contributed by atoms with Crippen LogP contribution in [0.4, 0.5) is 0 Å². The molecular weight excluding hydrogens is 280 g/mol. The minimum absolute atomic E-state index is 0.516. The molecule has 0 amide bonds. The first kappa shape index (κ1) is 16.0. The molecule has 0 bridgehead atoms.